The summed E-state index contributed by atoms with van der Waals surface area (Å²) in [7, 11) is 4.62. The highest BCUT2D eigenvalue weighted by Gasteiger charge is 2.12. The van der Waals surface area contributed by atoms with Crippen molar-refractivity contribution in [1.29, 1.82) is 0 Å². The van der Waals surface area contributed by atoms with E-state index in [2.05, 4.69) is 10.5 Å². The van der Waals surface area contributed by atoms with Gasteiger partial charge in [-0.15, -0.1) is 0 Å². The number of aryl methyl sites for hydroxylation is 1. The highest BCUT2D eigenvalue weighted by atomic mass is 16.5. The number of ether oxygens (including phenoxy) is 3. The molecule has 0 unspecified atom stereocenters. The van der Waals surface area contributed by atoms with Gasteiger partial charge in [-0.3, -0.25) is 4.79 Å². The number of hydrogen-bond donors (Lipinski definition) is 1. The summed E-state index contributed by atoms with van der Waals surface area (Å²) in [5.41, 5.74) is 3.49. The number of nitrogens with zero attached hydrogens (tertiary/aromatic N) is 1. The van der Waals surface area contributed by atoms with E-state index in [1.165, 1.54) is 18.7 Å². The van der Waals surface area contributed by atoms with Crippen LogP contribution < -0.4 is 19.5 Å². The minimum absolute atomic E-state index is 0.258. The number of amides is 1. The van der Waals surface area contributed by atoms with Crippen LogP contribution >= 0.6 is 0 Å². The van der Waals surface area contributed by atoms with Gasteiger partial charge in [-0.05, 0) is 30.7 Å². The Hall–Kier alpha value is -3.74. The largest absolute Gasteiger partial charge is 0.493 e. The smallest absolute Gasteiger partial charge is 0.244 e. The van der Waals surface area contributed by atoms with Crippen LogP contribution in [-0.2, 0) is 11.3 Å². The van der Waals surface area contributed by atoms with Crippen molar-refractivity contribution >= 4 is 12.0 Å². The highest BCUT2D eigenvalue weighted by molar-refractivity contribution is 5.91. The Morgan fingerprint density at radius 3 is 2.30 bits per heavy atom. The first-order valence-corrected chi connectivity index (χ1v) is 9.32. The van der Waals surface area contributed by atoms with Gasteiger partial charge in [-0.25, -0.2) is 0 Å². The SMILES string of the molecule is COc1cc(C=CC(=O)NCc2cc(-c3ccc(C)cc3)on2)cc(OC)c1OC. The van der Waals surface area contributed by atoms with Crippen molar-refractivity contribution in [3.05, 3.63) is 65.4 Å². The fraction of sp³-hybridized carbons (Fsp3) is 0.217. The molecule has 0 fully saturated rings. The number of aromatic nitrogens is 1. The second-order valence-electron chi connectivity index (χ2n) is 6.56. The van der Waals surface area contributed by atoms with Crippen molar-refractivity contribution in [2.45, 2.75) is 13.5 Å². The molecule has 0 radical (unpaired) electrons. The van der Waals surface area contributed by atoms with Crippen LogP contribution in [-0.4, -0.2) is 32.4 Å². The van der Waals surface area contributed by atoms with E-state index in [-0.39, 0.29) is 12.5 Å². The zero-order valence-electron chi connectivity index (χ0n) is 17.4. The van der Waals surface area contributed by atoms with Gasteiger partial charge >= 0.3 is 0 Å². The van der Waals surface area contributed by atoms with Crippen LogP contribution in [0, 0.1) is 6.92 Å². The predicted molar refractivity (Wildman–Crippen MR) is 114 cm³/mol. The summed E-state index contributed by atoms with van der Waals surface area (Å²) in [4.78, 5) is 12.2. The first-order chi connectivity index (χ1) is 14.5. The molecular formula is C23H24N2O5. The predicted octanol–water partition coefficient (Wildman–Crippen LogP) is 4.01. The second-order valence-corrected chi connectivity index (χ2v) is 6.56. The van der Waals surface area contributed by atoms with E-state index in [0.717, 1.165) is 11.1 Å². The molecule has 0 bridgehead atoms. The Morgan fingerprint density at radius 1 is 1.03 bits per heavy atom. The molecule has 1 N–H and O–H groups in total. The Balaban J connectivity index is 1.62. The van der Waals surface area contributed by atoms with Crippen molar-refractivity contribution in [3.8, 4) is 28.6 Å². The quantitative estimate of drug-likeness (QED) is 0.567. The standard InChI is InChI=1S/C23H24N2O5/c1-15-5-8-17(9-6-15)19-13-18(25-30-19)14-24-22(26)10-7-16-11-20(27-2)23(29-4)21(12-16)28-3/h5-13H,14H2,1-4H3,(H,24,26). The average Bonchev–Trinajstić information content (AvgIpc) is 3.24. The number of carbonyl (C=O) groups excluding carboxylic acids is 1. The van der Waals surface area contributed by atoms with Gasteiger partial charge in [0.2, 0.25) is 11.7 Å². The molecule has 1 aromatic heterocycles. The molecule has 0 aliphatic rings. The highest BCUT2D eigenvalue weighted by Crippen LogP contribution is 2.38. The summed E-state index contributed by atoms with van der Waals surface area (Å²) in [6.45, 7) is 2.28. The molecule has 156 valence electrons. The van der Waals surface area contributed by atoms with Gasteiger partial charge in [0.15, 0.2) is 17.3 Å². The first-order valence-electron chi connectivity index (χ1n) is 9.32. The third-order valence-electron chi connectivity index (χ3n) is 4.45. The van der Waals surface area contributed by atoms with Crippen molar-refractivity contribution in [2.24, 2.45) is 0 Å². The maximum atomic E-state index is 12.2. The molecule has 0 saturated heterocycles. The Labute approximate surface area is 175 Å². The third-order valence-corrected chi connectivity index (χ3v) is 4.45. The summed E-state index contributed by atoms with van der Waals surface area (Å²) in [5.74, 6) is 1.93. The normalized spacial score (nSPS) is 10.8. The number of nitrogens with one attached hydrogen (secondary N) is 1. The number of rotatable bonds is 8. The van der Waals surface area contributed by atoms with E-state index in [4.69, 9.17) is 18.7 Å². The maximum absolute atomic E-state index is 12.2. The molecule has 3 rings (SSSR count). The Morgan fingerprint density at radius 2 is 1.70 bits per heavy atom. The zero-order valence-corrected chi connectivity index (χ0v) is 17.4. The van der Waals surface area contributed by atoms with E-state index in [1.54, 1.807) is 32.4 Å². The van der Waals surface area contributed by atoms with E-state index < -0.39 is 0 Å². The minimum Gasteiger partial charge on any atom is -0.493 e. The molecule has 2 aromatic carbocycles. The summed E-state index contributed by atoms with van der Waals surface area (Å²) < 4.78 is 21.3. The van der Waals surface area contributed by atoms with Gasteiger partial charge in [0.05, 0.1) is 27.9 Å². The lowest BCUT2D eigenvalue weighted by Crippen LogP contribution is -2.20. The molecule has 0 spiro atoms. The Bertz CT molecular complexity index is 1010. The van der Waals surface area contributed by atoms with Gasteiger partial charge in [-0.2, -0.15) is 0 Å². The molecule has 30 heavy (non-hydrogen) atoms. The van der Waals surface area contributed by atoms with Gasteiger partial charge in [0.1, 0.15) is 5.69 Å². The molecule has 3 aromatic rings. The van der Waals surface area contributed by atoms with Crippen molar-refractivity contribution < 1.29 is 23.5 Å². The fourth-order valence-corrected chi connectivity index (χ4v) is 2.86. The van der Waals surface area contributed by atoms with E-state index in [9.17, 15) is 4.79 Å². The third kappa shape index (κ3) is 5.00. The van der Waals surface area contributed by atoms with Crippen LogP contribution in [0.5, 0.6) is 17.2 Å². The maximum Gasteiger partial charge on any atom is 0.244 e. The van der Waals surface area contributed by atoms with Gasteiger partial charge < -0.3 is 24.1 Å². The van der Waals surface area contributed by atoms with E-state index in [1.807, 2.05) is 37.3 Å². The van der Waals surface area contributed by atoms with Crippen LogP contribution in [0.2, 0.25) is 0 Å². The average molecular weight is 408 g/mol. The van der Waals surface area contributed by atoms with Crippen LogP contribution in [0.4, 0.5) is 0 Å². The van der Waals surface area contributed by atoms with Crippen molar-refractivity contribution in [2.75, 3.05) is 21.3 Å². The molecule has 0 saturated carbocycles. The number of benzene rings is 2. The molecule has 0 atom stereocenters. The molecule has 7 nitrogen and oxygen atoms in total. The number of hydrogen-bond acceptors (Lipinski definition) is 6. The molecule has 1 amide bonds. The van der Waals surface area contributed by atoms with E-state index in [0.29, 0.717) is 28.7 Å². The molecule has 7 heteroatoms. The molecule has 0 aliphatic heterocycles. The lowest BCUT2D eigenvalue weighted by molar-refractivity contribution is -0.116. The summed E-state index contributed by atoms with van der Waals surface area (Å²) >= 11 is 0. The summed E-state index contributed by atoms with van der Waals surface area (Å²) in [5, 5.41) is 6.80. The molecule has 0 aliphatic carbocycles. The summed E-state index contributed by atoms with van der Waals surface area (Å²) in [6.07, 6.45) is 3.10. The zero-order chi connectivity index (χ0) is 21.5. The number of carbonyl (C=O) groups is 1. The van der Waals surface area contributed by atoms with Crippen LogP contribution in [0.3, 0.4) is 0 Å². The van der Waals surface area contributed by atoms with Gasteiger partial charge in [-0.1, -0.05) is 35.0 Å². The minimum atomic E-state index is -0.261. The van der Waals surface area contributed by atoms with Crippen LogP contribution in [0.25, 0.3) is 17.4 Å². The lowest BCUT2D eigenvalue weighted by atomic mass is 10.1. The summed E-state index contributed by atoms with van der Waals surface area (Å²) in [6, 6.07) is 13.3. The van der Waals surface area contributed by atoms with E-state index >= 15 is 0 Å². The van der Waals surface area contributed by atoms with Crippen LogP contribution in [0.15, 0.2) is 53.1 Å². The topological polar surface area (TPSA) is 82.8 Å². The first kappa shape index (κ1) is 21.0. The fourth-order valence-electron chi connectivity index (χ4n) is 2.86. The van der Waals surface area contributed by atoms with Crippen molar-refractivity contribution in [1.82, 2.24) is 10.5 Å². The monoisotopic (exact) mass is 408 g/mol. The second kappa shape index (κ2) is 9.65. The lowest BCUT2D eigenvalue weighted by Gasteiger charge is -2.12. The van der Waals surface area contributed by atoms with Crippen molar-refractivity contribution in [3.63, 3.8) is 0 Å². The van der Waals surface area contributed by atoms with Gasteiger partial charge in [0, 0.05) is 17.7 Å². The Kier molecular flexibility index (Phi) is 6.75. The molecule has 1 heterocycles. The van der Waals surface area contributed by atoms with Crippen LogP contribution in [0.1, 0.15) is 16.8 Å². The number of methoxy groups -OCH3 is 3. The van der Waals surface area contributed by atoms with Gasteiger partial charge in [0.25, 0.3) is 0 Å². The molecular weight excluding hydrogens is 384 g/mol.